The minimum atomic E-state index is -1.00. The fourth-order valence-corrected chi connectivity index (χ4v) is 8.08. The predicted molar refractivity (Wildman–Crippen MR) is 196 cm³/mol. The zero-order valence-electron chi connectivity index (χ0n) is 28.2. The van der Waals surface area contributed by atoms with E-state index in [0.717, 1.165) is 57.3 Å². The van der Waals surface area contributed by atoms with Crippen molar-refractivity contribution in [3.8, 4) is 33.4 Å². The van der Waals surface area contributed by atoms with Crippen LogP contribution in [-0.2, 0) is 35.5 Å². The number of fused-ring (bicyclic) bond motifs is 2. The van der Waals surface area contributed by atoms with Gasteiger partial charge in [0.15, 0.2) is 0 Å². The van der Waals surface area contributed by atoms with E-state index in [2.05, 4.69) is 60.0 Å². The molecule has 2 aliphatic heterocycles. The van der Waals surface area contributed by atoms with Crippen molar-refractivity contribution in [2.45, 2.75) is 76.9 Å². The molecule has 50 heavy (non-hydrogen) atoms. The molecule has 0 bridgehead atoms. The first-order valence-electron chi connectivity index (χ1n) is 17.0. The number of rotatable bonds is 11. The molecule has 4 atom stereocenters. The number of nitrogens with zero attached hydrogens (tertiary/aromatic N) is 2. The number of carbonyl (C=O) groups is 2. The number of hydrogen-bond donors (Lipinski definition) is 4. The van der Waals surface area contributed by atoms with E-state index < -0.39 is 24.1 Å². The summed E-state index contributed by atoms with van der Waals surface area (Å²) < 4.78 is 0. The highest BCUT2D eigenvalue weighted by Gasteiger charge is 2.28. The molecule has 4 aromatic rings. The van der Waals surface area contributed by atoms with Gasteiger partial charge in [0.2, 0.25) is 0 Å². The minimum absolute atomic E-state index is 0.145. The molecule has 6 rings (SSSR count). The van der Waals surface area contributed by atoms with Crippen molar-refractivity contribution in [3.05, 3.63) is 105 Å². The highest BCUT2D eigenvalue weighted by molar-refractivity contribution is 6.39. The van der Waals surface area contributed by atoms with Crippen LogP contribution < -0.4 is 0 Å². The van der Waals surface area contributed by atoms with Gasteiger partial charge in [-0.05, 0) is 60.1 Å². The first-order valence-corrected chi connectivity index (χ1v) is 17.7. The zero-order valence-corrected chi connectivity index (χ0v) is 29.7. The molecule has 2 heterocycles. The van der Waals surface area contributed by atoms with Crippen molar-refractivity contribution in [2.24, 2.45) is 0 Å². The number of carboxylic acid groups (broad SMARTS) is 2. The molecule has 0 spiro atoms. The quantitative estimate of drug-likeness (QED) is 0.129. The number of β-amino-alcohol motifs (C(OH)–C–C–N with tert-alkyl or cyclic N) is 2. The number of hydrogen-bond acceptors (Lipinski definition) is 6. The van der Waals surface area contributed by atoms with Crippen LogP contribution in [0.15, 0.2) is 72.8 Å². The summed E-state index contributed by atoms with van der Waals surface area (Å²) in [7, 11) is 0. The van der Waals surface area contributed by atoms with Crippen molar-refractivity contribution in [1.29, 1.82) is 0 Å². The Labute approximate surface area is 302 Å². The van der Waals surface area contributed by atoms with Crippen LogP contribution in [0.1, 0.15) is 48.9 Å². The van der Waals surface area contributed by atoms with Crippen molar-refractivity contribution in [2.75, 3.05) is 13.1 Å². The summed E-state index contributed by atoms with van der Waals surface area (Å²) in [5.41, 5.74) is 10.2. The number of benzene rings is 4. The Morgan fingerprint density at radius 1 is 0.640 bits per heavy atom. The molecule has 2 aliphatic rings. The summed E-state index contributed by atoms with van der Waals surface area (Å²) >= 11 is 14.3. The van der Waals surface area contributed by atoms with Gasteiger partial charge in [-0.2, -0.15) is 0 Å². The molecule has 0 saturated heterocycles. The van der Waals surface area contributed by atoms with Gasteiger partial charge in [-0.15, -0.1) is 0 Å². The maximum Gasteiger partial charge on any atom is 0.306 e. The normalized spacial score (nSPS) is 19.0. The van der Waals surface area contributed by atoms with Gasteiger partial charge < -0.3 is 20.4 Å². The summed E-state index contributed by atoms with van der Waals surface area (Å²) in [5.74, 6) is -2.01. The van der Waals surface area contributed by atoms with Crippen LogP contribution in [0.5, 0.6) is 0 Å². The van der Waals surface area contributed by atoms with Crippen LogP contribution in [0.3, 0.4) is 0 Å². The average Bonchev–Trinajstić information content (AvgIpc) is 3.05. The first-order chi connectivity index (χ1) is 23.9. The SMILES string of the molecule is CC1Cc2cc(-c3cccc(-c4cccc(-c5ccc6c(c5)CC(C)N(CC(O)CC(=O)O)C6)c4Cl)c3Cl)ccc2CN1CC(O)CC(=O)O. The van der Waals surface area contributed by atoms with E-state index in [4.69, 9.17) is 33.4 Å². The average molecular weight is 718 g/mol. The Morgan fingerprint density at radius 3 is 1.40 bits per heavy atom. The maximum absolute atomic E-state index is 11.0. The van der Waals surface area contributed by atoms with Gasteiger partial charge in [-0.3, -0.25) is 19.4 Å². The van der Waals surface area contributed by atoms with Crippen molar-refractivity contribution in [1.82, 2.24) is 9.80 Å². The zero-order chi connectivity index (χ0) is 35.7. The molecular weight excluding hydrogens is 675 g/mol. The van der Waals surface area contributed by atoms with Crippen LogP contribution >= 0.6 is 23.2 Å². The topological polar surface area (TPSA) is 122 Å². The molecule has 0 amide bonds. The molecular formula is C40H42Cl2N2O6. The number of aliphatic hydroxyl groups is 2. The summed E-state index contributed by atoms with van der Waals surface area (Å²) in [4.78, 5) is 26.3. The highest BCUT2D eigenvalue weighted by Crippen LogP contribution is 2.43. The standard InChI is InChI=1S/C40H42Cl2N2O6/c1-23-13-29-15-25(9-11-27(29)19-43(23)21-31(45)17-37(47)48)33-5-3-7-35(39(33)41)36-8-4-6-34(40(36)42)26-10-12-28-20-44(22-32(46)18-38(49)50)24(2)14-30(28)16-26/h3-12,15-16,23-24,31-32,45-46H,13-14,17-22H2,1-2H3,(H,47,48)(H,49,50). The van der Waals surface area contributed by atoms with Crippen molar-refractivity contribution < 1.29 is 30.0 Å². The number of aliphatic carboxylic acids is 2. The lowest BCUT2D eigenvalue weighted by Crippen LogP contribution is -2.43. The minimum Gasteiger partial charge on any atom is -0.481 e. The second-order valence-electron chi connectivity index (χ2n) is 13.8. The summed E-state index contributed by atoms with van der Waals surface area (Å²) in [6.07, 6.45) is -0.815. The largest absolute Gasteiger partial charge is 0.481 e. The highest BCUT2D eigenvalue weighted by atomic mass is 35.5. The molecule has 0 radical (unpaired) electrons. The fourth-order valence-electron chi connectivity index (χ4n) is 7.41. The van der Waals surface area contributed by atoms with Crippen LogP contribution in [-0.4, -0.2) is 79.5 Å². The lowest BCUT2D eigenvalue weighted by molar-refractivity contribution is -0.140. The molecule has 0 fully saturated rings. The van der Waals surface area contributed by atoms with E-state index in [9.17, 15) is 19.8 Å². The third kappa shape index (κ3) is 7.91. The van der Waals surface area contributed by atoms with Crippen LogP contribution in [0.4, 0.5) is 0 Å². The van der Waals surface area contributed by atoms with Crippen LogP contribution in [0.2, 0.25) is 10.0 Å². The number of carboxylic acids is 2. The molecule has 0 aliphatic carbocycles. The van der Waals surface area contributed by atoms with Crippen LogP contribution in [0.25, 0.3) is 33.4 Å². The van der Waals surface area contributed by atoms with Gasteiger partial charge in [0, 0.05) is 60.5 Å². The fraction of sp³-hybridized carbons (Fsp3) is 0.350. The van der Waals surface area contributed by atoms with Crippen LogP contribution in [0, 0.1) is 0 Å². The van der Waals surface area contributed by atoms with E-state index >= 15 is 0 Å². The predicted octanol–water partition coefficient (Wildman–Crippen LogP) is 7.16. The number of halogens is 2. The van der Waals surface area contributed by atoms with Crippen molar-refractivity contribution in [3.63, 3.8) is 0 Å². The third-order valence-electron chi connectivity index (χ3n) is 10.1. The molecule has 8 nitrogen and oxygen atoms in total. The molecule has 10 heteroatoms. The lowest BCUT2D eigenvalue weighted by Gasteiger charge is -2.36. The molecule has 4 N–H and O–H groups in total. The summed E-state index contributed by atoms with van der Waals surface area (Å²) in [5, 5.41) is 39.8. The Balaban J connectivity index is 1.24. The first kappa shape index (κ1) is 36.0. The number of aliphatic hydroxyl groups excluding tert-OH is 2. The van der Waals surface area contributed by atoms with Gasteiger partial charge in [0.25, 0.3) is 0 Å². The smallest absolute Gasteiger partial charge is 0.306 e. The molecule has 4 aromatic carbocycles. The molecule has 0 aromatic heterocycles. The Hall–Kier alpha value is -3.76. The van der Waals surface area contributed by atoms with Gasteiger partial charge in [-0.1, -0.05) is 96.0 Å². The Bertz CT molecular complexity index is 1780. The van der Waals surface area contributed by atoms with Gasteiger partial charge in [0.05, 0.1) is 35.1 Å². The molecule has 262 valence electrons. The lowest BCUT2D eigenvalue weighted by atomic mass is 9.89. The van der Waals surface area contributed by atoms with E-state index in [1.165, 1.54) is 11.1 Å². The Morgan fingerprint density at radius 2 is 1.02 bits per heavy atom. The van der Waals surface area contributed by atoms with Gasteiger partial charge in [-0.25, -0.2) is 0 Å². The summed E-state index contributed by atoms with van der Waals surface area (Å²) in [6, 6.07) is 25.0. The maximum atomic E-state index is 11.0. The van der Waals surface area contributed by atoms with E-state index in [-0.39, 0.29) is 24.9 Å². The third-order valence-corrected chi connectivity index (χ3v) is 10.9. The van der Waals surface area contributed by atoms with Gasteiger partial charge >= 0.3 is 11.9 Å². The molecule has 0 saturated carbocycles. The van der Waals surface area contributed by atoms with E-state index in [1.54, 1.807) is 0 Å². The molecule has 4 unspecified atom stereocenters. The second-order valence-corrected chi connectivity index (χ2v) is 14.5. The van der Waals surface area contributed by atoms with Gasteiger partial charge in [0.1, 0.15) is 0 Å². The second kappa shape index (κ2) is 15.2. The monoisotopic (exact) mass is 716 g/mol. The van der Waals surface area contributed by atoms with Crippen molar-refractivity contribution >= 4 is 35.1 Å². The summed E-state index contributed by atoms with van der Waals surface area (Å²) in [6.45, 7) is 6.10. The van der Waals surface area contributed by atoms with E-state index in [1.807, 2.05) is 36.4 Å². The van der Waals surface area contributed by atoms with E-state index in [0.29, 0.717) is 36.2 Å². The Kier molecular flexibility index (Phi) is 11.0.